The molecule has 0 spiro atoms. The number of likely N-dealkylation sites (N-methyl/N-ethyl adjacent to an activating group) is 1. The van der Waals surface area contributed by atoms with Crippen LogP contribution < -0.4 is 14.4 Å². The lowest BCUT2D eigenvalue weighted by molar-refractivity contribution is -0.133. The summed E-state index contributed by atoms with van der Waals surface area (Å²) >= 11 is 0. The predicted molar refractivity (Wildman–Crippen MR) is 169 cm³/mol. The number of aromatic nitrogens is 5. The third kappa shape index (κ3) is 6.06. The molecule has 5 heterocycles. The van der Waals surface area contributed by atoms with E-state index in [0.29, 0.717) is 44.0 Å². The van der Waals surface area contributed by atoms with Crippen molar-refractivity contribution >= 4 is 22.6 Å². The highest BCUT2D eigenvalue weighted by molar-refractivity contribution is 5.91. The summed E-state index contributed by atoms with van der Waals surface area (Å²) in [4.78, 5) is 36.0. The molecule has 7 rings (SSSR count). The Bertz CT molecular complexity index is 1950. The number of amides is 1. The van der Waals surface area contributed by atoms with Crippen molar-refractivity contribution in [3.8, 4) is 28.9 Å². The van der Waals surface area contributed by atoms with Gasteiger partial charge < -0.3 is 28.6 Å². The van der Waals surface area contributed by atoms with Crippen molar-refractivity contribution in [1.82, 2.24) is 29.4 Å². The number of aryl methyl sites for hydroxylation is 1. The van der Waals surface area contributed by atoms with E-state index in [1.54, 1.807) is 30.3 Å². The first-order valence-corrected chi connectivity index (χ1v) is 15.5. The van der Waals surface area contributed by atoms with Crippen molar-refractivity contribution in [2.24, 2.45) is 0 Å². The van der Waals surface area contributed by atoms with Gasteiger partial charge in [0.05, 0.1) is 35.9 Å². The molecule has 0 aliphatic carbocycles. The summed E-state index contributed by atoms with van der Waals surface area (Å²) in [6, 6.07) is 13.8. The standard InChI is InChI=1S/C34H33F2N7O4/c1-4-45-24-17-41(3)33(44)29-16-23(18-43(29)22-10-12-37-31(15-22)47-30-9-8-21(35)14-26(30)36)46-34-38-13-11-27(40-34)25-6-5-7-28-32(25)42(19-24)20(2)39-28/h5-15,23-24,29H,4,16-19H2,1-3H3/t23-,24?,29-/m0/s1. The Morgan fingerprint density at radius 2 is 1.85 bits per heavy atom. The number of halogens is 2. The van der Waals surface area contributed by atoms with Gasteiger partial charge in [-0.15, -0.1) is 0 Å². The van der Waals surface area contributed by atoms with Crippen LogP contribution in [0.1, 0.15) is 19.2 Å². The predicted octanol–water partition coefficient (Wildman–Crippen LogP) is 5.17. The van der Waals surface area contributed by atoms with Gasteiger partial charge in [0.2, 0.25) is 11.8 Å². The zero-order chi connectivity index (χ0) is 32.7. The van der Waals surface area contributed by atoms with E-state index in [-0.39, 0.29) is 29.7 Å². The number of carbonyl (C=O) groups excluding carboxylic acids is 1. The summed E-state index contributed by atoms with van der Waals surface area (Å²) in [6.07, 6.45) is 2.78. The Labute approximate surface area is 269 Å². The number of carbonyl (C=O) groups is 1. The maximum Gasteiger partial charge on any atom is 0.317 e. The number of hydrogen-bond donors (Lipinski definition) is 0. The second-order valence-corrected chi connectivity index (χ2v) is 11.6. The largest absolute Gasteiger partial charge is 0.458 e. The zero-order valence-corrected chi connectivity index (χ0v) is 26.1. The molecular formula is C34H33F2N7O4. The molecule has 2 aliphatic rings. The highest BCUT2D eigenvalue weighted by atomic mass is 19.1. The van der Waals surface area contributed by atoms with E-state index in [1.807, 2.05) is 43.0 Å². The van der Waals surface area contributed by atoms with E-state index in [0.717, 1.165) is 34.6 Å². The van der Waals surface area contributed by atoms with Gasteiger partial charge in [0, 0.05) is 62.4 Å². The van der Waals surface area contributed by atoms with Gasteiger partial charge in [-0.1, -0.05) is 12.1 Å². The van der Waals surface area contributed by atoms with E-state index in [1.165, 1.54) is 12.3 Å². The summed E-state index contributed by atoms with van der Waals surface area (Å²) in [5.41, 5.74) is 3.96. The topological polar surface area (TPSA) is 108 Å². The Balaban J connectivity index is 1.26. The second-order valence-electron chi connectivity index (χ2n) is 11.6. The van der Waals surface area contributed by atoms with Crippen LogP contribution in [-0.4, -0.2) is 80.3 Å². The fraction of sp³-hybridized carbons (Fsp3) is 0.324. The van der Waals surface area contributed by atoms with E-state index >= 15 is 0 Å². The maximum absolute atomic E-state index is 14.4. The van der Waals surface area contributed by atoms with Crippen molar-refractivity contribution in [3.05, 3.63) is 84.4 Å². The van der Waals surface area contributed by atoms with Gasteiger partial charge in [-0.05, 0) is 44.2 Å². The number of pyridine rings is 1. The summed E-state index contributed by atoms with van der Waals surface area (Å²) in [5.74, 6) is -0.944. The molecular weight excluding hydrogens is 608 g/mol. The summed E-state index contributed by atoms with van der Waals surface area (Å²) in [6.45, 7) is 5.51. The number of hydrogen-bond acceptors (Lipinski definition) is 9. The molecule has 1 saturated heterocycles. The lowest BCUT2D eigenvalue weighted by atomic mass is 10.1. The summed E-state index contributed by atoms with van der Waals surface area (Å²) < 4.78 is 48.1. The van der Waals surface area contributed by atoms with Gasteiger partial charge in [0.25, 0.3) is 0 Å². The van der Waals surface area contributed by atoms with Gasteiger partial charge in [-0.3, -0.25) is 4.79 Å². The van der Waals surface area contributed by atoms with Gasteiger partial charge in [0.1, 0.15) is 23.8 Å². The first-order chi connectivity index (χ1) is 22.8. The lowest BCUT2D eigenvalue weighted by Gasteiger charge is -2.31. The van der Waals surface area contributed by atoms with Gasteiger partial charge >= 0.3 is 6.01 Å². The highest BCUT2D eigenvalue weighted by Gasteiger charge is 2.40. The van der Waals surface area contributed by atoms with Crippen molar-refractivity contribution in [2.45, 2.75) is 45.1 Å². The molecule has 11 nitrogen and oxygen atoms in total. The molecule has 47 heavy (non-hydrogen) atoms. The lowest BCUT2D eigenvalue weighted by Crippen LogP contribution is -2.47. The molecule has 2 aromatic carbocycles. The molecule has 0 saturated carbocycles. The molecule has 0 N–H and O–H groups in total. The maximum atomic E-state index is 14.4. The molecule has 3 atom stereocenters. The van der Waals surface area contributed by atoms with Crippen LogP contribution in [0, 0.1) is 18.6 Å². The Hall–Kier alpha value is -5.17. The van der Waals surface area contributed by atoms with E-state index in [2.05, 4.69) is 14.5 Å². The van der Waals surface area contributed by atoms with Crippen LogP contribution in [0.3, 0.4) is 0 Å². The third-order valence-corrected chi connectivity index (χ3v) is 8.49. The van der Waals surface area contributed by atoms with Crippen LogP contribution in [-0.2, 0) is 16.1 Å². The van der Waals surface area contributed by atoms with Crippen LogP contribution >= 0.6 is 0 Å². The van der Waals surface area contributed by atoms with Crippen molar-refractivity contribution in [2.75, 3.05) is 31.6 Å². The minimum atomic E-state index is -0.852. The number of fused-ring (bicyclic) bond motifs is 5. The first kappa shape index (κ1) is 30.5. The van der Waals surface area contributed by atoms with Gasteiger partial charge in [-0.25, -0.2) is 23.7 Å². The second kappa shape index (κ2) is 12.6. The van der Waals surface area contributed by atoms with Gasteiger partial charge in [-0.2, -0.15) is 4.98 Å². The Morgan fingerprint density at radius 1 is 1.00 bits per heavy atom. The Kier molecular flexibility index (Phi) is 8.14. The number of ether oxygens (including phenoxy) is 3. The van der Waals surface area contributed by atoms with Crippen LogP contribution in [0.25, 0.3) is 22.3 Å². The summed E-state index contributed by atoms with van der Waals surface area (Å²) in [5, 5.41) is 0. The van der Waals surface area contributed by atoms with Crippen molar-refractivity contribution in [3.63, 3.8) is 0 Å². The first-order valence-electron chi connectivity index (χ1n) is 15.5. The normalized spacial score (nSPS) is 19.8. The van der Waals surface area contributed by atoms with Crippen LogP contribution in [0.15, 0.2) is 67.0 Å². The zero-order valence-electron chi connectivity index (χ0n) is 26.1. The van der Waals surface area contributed by atoms with E-state index in [4.69, 9.17) is 24.2 Å². The highest BCUT2D eigenvalue weighted by Crippen LogP contribution is 2.34. The van der Waals surface area contributed by atoms with Gasteiger partial charge in [0.15, 0.2) is 11.6 Å². The number of benzene rings is 2. The number of nitrogens with zero attached hydrogens (tertiary/aromatic N) is 7. The summed E-state index contributed by atoms with van der Waals surface area (Å²) in [7, 11) is 1.77. The average molecular weight is 642 g/mol. The smallest absolute Gasteiger partial charge is 0.317 e. The number of rotatable bonds is 5. The average Bonchev–Trinajstić information content (AvgIpc) is 3.62. The third-order valence-electron chi connectivity index (χ3n) is 8.49. The fourth-order valence-corrected chi connectivity index (χ4v) is 6.39. The molecule has 1 unspecified atom stereocenters. The van der Waals surface area contributed by atoms with Crippen molar-refractivity contribution in [1.29, 1.82) is 0 Å². The number of anilines is 1. The van der Waals surface area contributed by atoms with E-state index < -0.39 is 23.8 Å². The molecule has 4 bridgehead atoms. The van der Waals surface area contributed by atoms with Crippen LogP contribution in [0.2, 0.25) is 0 Å². The van der Waals surface area contributed by atoms with Crippen molar-refractivity contribution < 1.29 is 27.8 Å². The molecule has 1 fully saturated rings. The monoisotopic (exact) mass is 641 g/mol. The molecule has 5 aromatic rings. The molecule has 0 radical (unpaired) electrons. The molecule has 2 aliphatic heterocycles. The SMILES string of the molecule is CCOC1CN(C)C(=O)[C@@H]2C[C@@H](CN2c2ccnc(Oc3ccc(F)cc3F)c2)Oc2nccc(n2)-c2cccc3nc(C)n(c23)C1. The molecule has 3 aromatic heterocycles. The number of para-hydroxylation sites is 1. The van der Waals surface area contributed by atoms with E-state index in [9.17, 15) is 13.6 Å². The van der Waals surface area contributed by atoms with Crippen LogP contribution in [0.4, 0.5) is 14.5 Å². The quantitative estimate of drug-likeness (QED) is 0.257. The fourth-order valence-electron chi connectivity index (χ4n) is 6.39. The Morgan fingerprint density at radius 3 is 2.68 bits per heavy atom. The molecule has 1 amide bonds. The number of imidazole rings is 1. The molecule has 13 heteroatoms. The molecule has 242 valence electrons. The minimum absolute atomic E-state index is 0.0900. The minimum Gasteiger partial charge on any atom is -0.458 e. The van der Waals surface area contributed by atoms with Crippen LogP contribution in [0.5, 0.6) is 17.6 Å².